The quantitative estimate of drug-likeness (QED) is 0.616. The van der Waals surface area contributed by atoms with E-state index in [2.05, 4.69) is 10.2 Å². The minimum absolute atomic E-state index is 0.107. The summed E-state index contributed by atoms with van der Waals surface area (Å²) in [5, 5.41) is 3.99. The summed E-state index contributed by atoms with van der Waals surface area (Å²) in [6, 6.07) is 14.2. The van der Waals surface area contributed by atoms with Crippen LogP contribution in [0.3, 0.4) is 0 Å². The monoisotopic (exact) mass is 489 g/mol. The molecule has 1 aliphatic carbocycles. The Bertz CT molecular complexity index is 990. The second-order valence-electron chi connectivity index (χ2n) is 8.86. The van der Waals surface area contributed by atoms with Crippen molar-refractivity contribution in [1.29, 1.82) is 0 Å². The minimum atomic E-state index is -0.756. The molecule has 33 heavy (non-hydrogen) atoms. The normalized spacial score (nSPS) is 18.6. The number of likely N-dealkylation sites (N-methyl/N-ethyl adjacent to an activating group) is 1. The number of carbonyl (C=O) groups is 2. The van der Waals surface area contributed by atoms with E-state index in [1.54, 1.807) is 18.2 Å². The van der Waals surface area contributed by atoms with Crippen LogP contribution in [0.15, 0.2) is 48.5 Å². The maximum atomic E-state index is 13.4. The summed E-state index contributed by atoms with van der Waals surface area (Å²) in [6.07, 6.45) is 1.36. The molecule has 2 aromatic rings. The second-order valence-corrected chi connectivity index (χ2v) is 9.71. The maximum Gasteiger partial charge on any atom is 0.247 e. The molecule has 1 saturated heterocycles. The van der Waals surface area contributed by atoms with Gasteiger partial charge in [-0.2, -0.15) is 0 Å². The van der Waals surface area contributed by atoms with Gasteiger partial charge < -0.3 is 19.9 Å². The Morgan fingerprint density at radius 2 is 1.76 bits per heavy atom. The molecule has 1 heterocycles. The van der Waals surface area contributed by atoms with Gasteiger partial charge in [-0.3, -0.25) is 9.59 Å². The van der Waals surface area contributed by atoms with Gasteiger partial charge >= 0.3 is 0 Å². The number of nitrogens with zero attached hydrogens (tertiary/aromatic N) is 2. The Kier molecular flexibility index (Phi) is 7.59. The van der Waals surface area contributed by atoms with Crippen LogP contribution in [0.4, 0.5) is 0 Å². The van der Waals surface area contributed by atoms with Crippen molar-refractivity contribution in [3.05, 3.63) is 69.7 Å². The zero-order valence-electron chi connectivity index (χ0n) is 18.7. The molecule has 1 aliphatic heterocycles. The number of nitrogens with one attached hydrogen (secondary N) is 1. The first-order valence-electron chi connectivity index (χ1n) is 11.2. The number of rotatable bonds is 8. The lowest BCUT2D eigenvalue weighted by Gasteiger charge is -2.35. The topological polar surface area (TPSA) is 61.9 Å². The second kappa shape index (κ2) is 10.4. The van der Waals surface area contributed by atoms with Gasteiger partial charge in [0.2, 0.25) is 11.8 Å². The van der Waals surface area contributed by atoms with Crippen molar-refractivity contribution in [1.82, 2.24) is 15.1 Å². The third-order valence-electron chi connectivity index (χ3n) is 6.45. The SMILES string of the molecule is CN1CCN(C(=O)[C@@H](COCc2ccccc2)NC(=O)C2(c3ccc(Cl)cc3Cl)CC2)CC1. The lowest BCUT2D eigenvalue weighted by Crippen LogP contribution is -2.56. The standard InChI is InChI=1S/C25H29Cl2N3O3/c1-29-11-13-30(14-12-29)23(31)22(17-33-16-18-5-3-2-4-6-18)28-24(32)25(9-10-25)20-8-7-19(26)15-21(20)27/h2-8,15,22H,9-14,16-17H2,1H3,(H,28,32)/t22-/m1/s1. The van der Waals surface area contributed by atoms with E-state index in [9.17, 15) is 9.59 Å². The summed E-state index contributed by atoms with van der Waals surface area (Å²) >= 11 is 12.5. The molecule has 1 N–H and O–H groups in total. The van der Waals surface area contributed by atoms with Gasteiger partial charge in [-0.25, -0.2) is 0 Å². The van der Waals surface area contributed by atoms with Gasteiger partial charge in [0.15, 0.2) is 0 Å². The fraction of sp³-hybridized carbons (Fsp3) is 0.440. The van der Waals surface area contributed by atoms with Gasteiger partial charge in [0.25, 0.3) is 0 Å². The highest BCUT2D eigenvalue weighted by atomic mass is 35.5. The van der Waals surface area contributed by atoms with E-state index >= 15 is 0 Å². The molecular formula is C25H29Cl2N3O3. The first-order chi connectivity index (χ1) is 15.9. The Morgan fingerprint density at radius 3 is 2.39 bits per heavy atom. The molecule has 0 unspecified atom stereocenters. The van der Waals surface area contributed by atoms with Crippen LogP contribution in [0, 0.1) is 0 Å². The highest BCUT2D eigenvalue weighted by molar-refractivity contribution is 6.35. The molecular weight excluding hydrogens is 461 g/mol. The number of halogens is 2. The lowest BCUT2D eigenvalue weighted by atomic mass is 9.94. The maximum absolute atomic E-state index is 13.4. The van der Waals surface area contributed by atoms with E-state index in [1.165, 1.54) is 0 Å². The third kappa shape index (κ3) is 5.69. The van der Waals surface area contributed by atoms with Crippen LogP contribution in [0.5, 0.6) is 0 Å². The molecule has 2 aliphatic rings. The van der Waals surface area contributed by atoms with Crippen LogP contribution in [0.1, 0.15) is 24.0 Å². The lowest BCUT2D eigenvalue weighted by molar-refractivity contribution is -0.140. The first kappa shape index (κ1) is 24.0. The number of piperazine rings is 1. The van der Waals surface area contributed by atoms with Crippen LogP contribution in [0.2, 0.25) is 10.0 Å². The Labute approximate surface area is 204 Å². The van der Waals surface area contributed by atoms with Gasteiger partial charge in [0, 0.05) is 36.2 Å². The van der Waals surface area contributed by atoms with Crippen LogP contribution in [0.25, 0.3) is 0 Å². The van der Waals surface area contributed by atoms with Crippen molar-refractivity contribution in [3.8, 4) is 0 Å². The molecule has 6 nitrogen and oxygen atoms in total. The van der Waals surface area contributed by atoms with Crippen LogP contribution in [-0.2, 0) is 26.3 Å². The average molecular weight is 490 g/mol. The molecule has 0 aromatic heterocycles. The average Bonchev–Trinajstić information content (AvgIpc) is 3.61. The highest BCUT2D eigenvalue weighted by Gasteiger charge is 2.53. The van der Waals surface area contributed by atoms with Gasteiger partial charge in [-0.15, -0.1) is 0 Å². The molecule has 0 spiro atoms. The fourth-order valence-electron chi connectivity index (χ4n) is 4.21. The molecule has 2 aromatic carbocycles. The first-order valence-corrected chi connectivity index (χ1v) is 12.0. The van der Waals surface area contributed by atoms with E-state index in [1.807, 2.05) is 42.3 Å². The number of amides is 2. The number of ether oxygens (including phenoxy) is 1. The molecule has 0 radical (unpaired) electrons. The highest BCUT2D eigenvalue weighted by Crippen LogP contribution is 2.51. The molecule has 1 atom stereocenters. The van der Waals surface area contributed by atoms with E-state index in [0.29, 0.717) is 42.6 Å². The summed E-state index contributed by atoms with van der Waals surface area (Å²) in [5.74, 6) is -0.301. The smallest absolute Gasteiger partial charge is 0.247 e. The van der Waals surface area contributed by atoms with E-state index in [-0.39, 0.29) is 18.4 Å². The van der Waals surface area contributed by atoms with Crippen molar-refractivity contribution in [2.24, 2.45) is 0 Å². The van der Waals surface area contributed by atoms with Gasteiger partial charge in [0.1, 0.15) is 6.04 Å². The number of carbonyl (C=O) groups excluding carboxylic acids is 2. The summed E-state index contributed by atoms with van der Waals surface area (Å²) < 4.78 is 5.88. The third-order valence-corrected chi connectivity index (χ3v) is 6.99. The summed E-state index contributed by atoms with van der Waals surface area (Å²) in [4.78, 5) is 30.8. The molecule has 0 bridgehead atoms. The van der Waals surface area contributed by atoms with Crippen molar-refractivity contribution in [2.75, 3.05) is 39.8 Å². The number of hydrogen-bond donors (Lipinski definition) is 1. The fourth-order valence-corrected chi connectivity index (χ4v) is 4.80. The Balaban J connectivity index is 1.47. The Morgan fingerprint density at radius 1 is 1.06 bits per heavy atom. The van der Waals surface area contributed by atoms with E-state index in [0.717, 1.165) is 24.2 Å². The van der Waals surface area contributed by atoms with E-state index < -0.39 is 11.5 Å². The van der Waals surface area contributed by atoms with Crippen molar-refractivity contribution >= 4 is 35.0 Å². The van der Waals surface area contributed by atoms with Crippen LogP contribution in [-0.4, -0.2) is 67.5 Å². The minimum Gasteiger partial charge on any atom is -0.374 e. The zero-order valence-corrected chi connectivity index (χ0v) is 20.2. The van der Waals surface area contributed by atoms with Gasteiger partial charge in [-0.1, -0.05) is 59.6 Å². The molecule has 2 amide bonds. The number of benzene rings is 2. The predicted molar refractivity (Wildman–Crippen MR) is 129 cm³/mol. The van der Waals surface area contributed by atoms with Crippen LogP contribution < -0.4 is 5.32 Å². The predicted octanol–water partition coefficient (Wildman–Crippen LogP) is 3.50. The van der Waals surface area contributed by atoms with Crippen molar-refractivity contribution < 1.29 is 14.3 Å². The van der Waals surface area contributed by atoms with Crippen LogP contribution >= 0.6 is 23.2 Å². The largest absolute Gasteiger partial charge is 0.374 e. The molecule has 2 fully saturated rings. The number of hydrogen-bond acceptors (Lipinski definition) is 4. The molecule has 176 valence electrons. The zero-order chi connectivity index (χ0) is 23.4. The summed E-state index contributed by atoms with van der Waals surface area (Å²) in [6.45, 7) is 3.36. The molecule has 4 rings (SSSR count). The van der Waals surface area contributed by atoms with Crippen molar-refractivity contribution in [3.63, 3.8) is 0 Å². The van der Waals surface area contributed by atoms with E-state index in [4.69, 9.17) is 27.9 Å². The molecule has 1 saturated carbocycles. The van der Waals surface area contributed by atoms with Crippen molar-refractivity contribution in [2.45, 2.75) is 30.9 Å². The van der Waals surface area contributed by atoms with Gasteiger partial charge in [-0.05, 0) is 43.1 Å². The van der Waals surface area contributed by atoms with Gasteiger partial charge in [0.05, 0.1) is 18.6 Å². The molecule has 8 heteroatoms. The Hall–Kier alpha value is -2.12. The summed E-state index contributed by atoms with van der Waals surface area (Å²) in [5.41, 5.74) is 1.05. The summed E-state index contributed by atoms with van der Waals surface area (Å²) in [7, 11) is 2.04.